The number of nitrogens with one attached hydrogen (secondary N) is 2. The summed E-state index contributed by atoms with van der Waals surface area (Å²) in [4.78, 5) is 18.1. The van der Waals surface area contributed by atoms with Crippen LogP contribution in [0, 0.1) is 5.82 Å². The summed E-state index contributed by atoms with van der Waals surface area (Å²) in [5, 5.41) is 11.2. The number of amides is 1. The van der Waals surface area contributed by atoms with Crippen LogP contribution in [-0.2, 0) is 4.79 Å². The van der Waals surface area contributed by atoms with Crippen LogP contribution in [-0.4, -0.2) is 48.3 Å². The number of nitrogens with zero attached hydrogens (tertiary/aromatic N) is 3. The van der Waals surface area contributed by atoms with Gasteiger partial charge in [0.25, 0.3) is 5.91 Å². The average Bonchev–Trinajstić information content (AvgIpc) is 3.26. The summed E-state index contributed by atoms with van der Waals surface area (Å²) in [7, 11) is 4.57. The molecule has 34 heavy (non-hydrogen) atoms. The third kappa shape index (κ3) is 4.14. The smallest absolute Gasteiger partial charge is 0.255 e. The van der Waals surface area contributed by atoms with Crippen molar-refractivity contribution in [2.45, 2.75) is 18.1 Å². The molecule has 4 rings (SSSR count). The monoisotopic (exact) mass is 485 g/mol. The fraction of sp³-hybridized carbons (Fsp3) is 0.261. The minimum Gasteiger partial charge on any atom is -0.493 e. The molecule has 0 radical (unpaired) electrons. The van der Waals surface area contributed by atoms with Crippen molar-refractivity contribution < 1.29 is 23.4 Å². The van der Waals surface area contributed by atoms with E-state index in [9.17, 15) is 9.18 Å². The number of carbonyl (C=O) groups excluding carboxylic acids is 1. The number of anilines is 2. The molecule has 2 heterocycles. The molecule has 178 valence electrons. The molecule has 1 atom stereocenters. The van der Waals surface area contributed by atoms with Crippen molar-refractivity contribution in [2.75, 3.05) is 38.2 Å². The van der Waals surface area contributed by atoms with Crippen LogP contribution in [0.15, 0.2) is 52.8 Å². The van der Waals surface area contributed by atoms with Crippen molar-refractivity contribution in [1.29, 1.82) is 0 Å². The molecule has 0 aliphatic carbocycles. The number of halogens is 1. The first kappa shape index (κ1) is 23.4. The fourth-order valence-corrected chi connectivity index (χ4v) is 4.22. The largest absolute Gasteiger partial charge is 0.493 e. The second kappa shape index (κ2) is 9.64. The van der Waals surface area contributed by atoms with E-state index >= 15 is 0 Å². The van der Waals surface area contributed by atoms with Crippen LogP contribution < -0.4 is 24.8 Å². The molecule has 0 fully saturated rings. The van der Waals surface area contributed by atoms with E-state index in [0.717, 1.165) is 0 Å². The third-order valence-electron chi connectivity index (χ3n) is 5.39. The lowest BCUT2D eigenvalue weighted by Crippen LogP contribution is -2.31. The van der Waals surface area contributed by atoms with Crippen LogP contribution in [0.25, 0.3) is 0 Å². The Kier molecular flexibility index (Phi) is 6.64. The number of hydrogen-bond donors (Lipinski definition) is 2. The average molecular weight is 486 g/mol. The molecule has 1 aliphatic heterocycles. The molecule has 1 amide bonds. The molecule has 0 saturated heterocycles. The predicted octanol–water partition coefficient (Wildman–Crippen LogP) is 4.09. The van der Waals surface area contributed by atoms with E-state index in [4.69, 9.17) is 14.2 Å². The lowest BCUT2D eigenvalue weighted by Gasteiger charge is -2.30. The van der Waals surface area contributed by atoms with Crippen LogP contribution in [0.4, 0.5) is 16.0 Å². The number of fused-ring (bicyclic) bond motifs is 1. The van der Waals surface area contributed by atoms with Gasteiger partial charge in [0, 0.05) is 16.9 Å². The zero-order chi connectivity index (χ0) is 24.4. The Labute approximate surface area is 200 Å². The molecule has 11 heteroatoms. The maximum absolute atomic E-state index is 13.5. The van der Waals surface area contributed by atoms with Crippen LogP contribution >= 0.6 is 11.8 Å². The number of methoxy groups -OCH3 is 3. The van der Waals surface area contributed by atoms with Crippen LogP contribution in [0.1, 0.15) is 18.5 Å². The van der Waals surface area contributed by atoms with E-state index in [2.05, 4.69) is 20.7 Å². The van der Waals surface area contributed by atoms with Gasteiger partial charge in [0.05, 0.1) is 26.9 Å². The minimum atomic E-state index is -0.695. The summed E-state index contributed by atoms with van der Waals surface area (Å²) in [6.45, 7) is 1.79. The van der Waals surface area contributed by atoms with Gasteiger partial charge in [-0.2, -0.15) is 4.98 Å². The Morgan fingerprint density at radius 1 is 1.09 bits per heavy atom. The number of hydrogen-bond acceptors (Lipinski definition) is 8. The first-order valence-electron chi connectivity index (χ1n) is 10.3. The number of aromatic nitrogens is 3. The summed E-state index contributed by atoms with van der Waals surface area (Å²) in [5.74, 6) is 0.994. The van der Waals surface area contributed by atoms with Crippen LogP contribution in [0.3, 0.4) is 0 Å². The molecule has 2 aromatic carbocycles. The van der Waals surface area contributed by atoms with Gasteiger partial charge in [0.1, 0.15) is 11.9 Å². The number of thioether (sulfide) groups is 1. The Morgan fingerprint density at radius 3 is 2.41 bits per heavy atom. The number of allylic oxidation sites excluding steroid dienone is 1. The molecule has 1 aromatic heterocycles. The van der Waals surface area contributed by atoms with Gasteiger partial charge in [-0.1, -0.05) is 11.8 Å². The Bertz CT molecular complexity index is 1260. The molecule has 0 bridgehead atoms. The fourth-order valence-electron chi connectivity index (χ4n) is 3.87. The van der Waals surface area contributed by atoms with Gasteiger partial charge in [-0.25, -0.2) is 9.07 Å². The maximum Gasteiger partial charge on any atom is 0.255 e. The van der Waals surface area contributed by atoms with Gasteiger partial charge in [-0.15, -0.1) is 5.10 Å². The summed E-state index contributed by atoms with van der Waals surface area (Å²) in [5.41, 5.74) is 2.07. The molecule has 0 spiro atoms. The molecule has 3 aromatic rings. The number of ether oxygens (including phenoxy) is 3. The van der Waals surface area contributed by atoms with Gasteiger partial charge in [0.2, 0.25) is 16.9 Å². The topological polar surface area (TPSA) is 99.5 Å². The summed E-state index contributed by atoms with van der Waals surface area (Å²) in [6, 6.07) is 8.42. The van der Waals surface area contributed by atoms with E-state index < -0.39 is 11.9 Å². The number of carbonyl (C=O) groups is 1. The summed E-state index contributed by atoms with van der Waals surface area (Å²) in [6.07, 6.45) is 1.87. The first-order chi connectivity index (χ1) is 16.4. The van der Waals surface area contributed by atoms with E-state index in [1.165, 1.54) is 57.4 Å². The maximum atomic E-state index is 13.5. The van der Waals surface area contributed by atoms with Crippen LogP contribution in [0.2, 0.25) is 0 Å². The minimum absolute atomic E-state index is 0.384. The predicted molar refractivity (Wildman–Crippen MR) is 127 cm³/mol. The summed E-state index contributed by atoms with van der Waals surface area (Å²) >= 11 is 1.38. The van der Waals surface area contributed by atoms with Gasteiger partial charge in [-0.05, 0) is 49.6 Å². The van der Waals surface area contributed by atoms with Gasteiger partial charge in [-0.3, -0.25) is 4.79 Å². The van der Waals surface area contributed by atoms with Gasteiger partial charge in [0.15, 0.2) is 11.5 Å². The molecular formula is C23H24FN5O4S. The second-order valence-electron chi connectivity index (χ2n) is 7.32. The van der Waals surface area contributed by atoms with Crippen molar-refractivity contribution in [3.63, 3.8) is 0 Å². The van der Waals surface area contributed by atoms with E-state index in [-0.39, 0.29) is 5.91 Å². The zero-order valence-electron chi connectivity index (χ0n) is 19.3. The highest BCUT2D eigenvalue weighted by Gasteiger charge is 2.37. The molecule has 1 aliphatic rings. The first-order valence-corrected chi connectivity index (χ1v) is 11.5. The second-order valence-corrected chi connectivity index (χ2v) is 8.09. The van der Waals surface area contributed by atoms with E-state index in [1.807, 2.05) is 6.26 Å². The summed E-state index contributed by atoms with van der Waals surface area (Å²) < 4.78 is 31.7. The zero-order valence-corrected chi connectivity index (χ0v) is 20.1. The third-order valence-corrected chi connectivity index (χ3v) is 5.93. The Morgan fingerprint density at radius 2 is 1.79 bits per heavy atom. The van der Waals surface area contributed by atoms with Crippen LogP contribution in [0.5, 0.6) is 17.2 Å². The highest BCUT2D eigenvalue weighted by molar-refractivity contribution is 7.98. The highest BCUT2D eigenvalue weighted by Crippen LogP contribution is 2.47. The van der Waals surface area contributed by atoms with Gasteiger partial charge < -0.3 is 24.8 Å². The van der Waals surface area contributed by atoms with Crippen molar-refractivity contribution in [2.24, 2.45) is 0 Å². The lowest BCUT2D eigenvalue weighted by molar-refractivity contribution is -0.113. The van der Waals surface area contributed by atoms with E-state index in [0.29, 0.717) is 50.9 Å². The SMILES string of the molecule is COc1ccc(C2C(C(=O)Nc3ccc(F)cc3)=C(C)Nc3nc(SC)nn32)c(OC)c1OC. The molecule has 0 saturated carbocycles. The number of rotatable bonds is 7. The molecule has 2 N–H and O–H groups in total. The van der Waals surface area contributed by atoms with Crippen molar-refractivity contribution in [1.82, 2.24) is 14.8 Å². The lowest BCUT2D eigenvalue weighted by atomic mass is 9.93. The van der Waals surface area contributed by atoms with Crippen molar-refractivity contribution in [3.05, 3.63) is 59.0 Å². The molecular weight excluding hydrogens is 461 g/mol. The Balaban J connectivity index is 1.88. The van der Waals surface area contributed by atoms with Crippen molar-refractivity contribution >= 4 is 29.3 Å². The van der Waals surface area contributed by atoms with Gasteiger partial charge >= 0.3 is 0 Å². The Hall–Kier alpha value is -3.73. The normalized spacial score (nSPS) is 14.8. The number of benzene rings is 2. The molecule has 9 nitrogen and oxygen atoms in total. The van der Waals surface area contributed by atoms with Crippen molar-refractivity contribution in [3.8, 4) is 17.2 Å². The molecule has 1 unspecified atom stereocenters. The quantitative estimate of drug-likeness (QED) is 0.483. The standard InChI is InChI=1S/C23H24FN5O4S/c1-12-17(21(30)26-14-8-6-13(24)7-9-14)18(29-22(25-12)27-23(28-29)34-5)15-10-11-16(31-2)20(33-4)19(15)32-3/h6-11,18H,1-5H3,(H,26,30)(H,25,27,28). The van der Waals surface area contributed by atoms with E-state index in [1.54, 1.807) is 23.7 Å². The highest BCUT2D eigenvalue weighted by atomic mass is 32.2.